The highest BCUT2D eigenvalue weighted by atomic mass is 35.5. The average Bonchev–Trinajstić information content (AvgIpc) is 2.48. The first-order valence-electron chi connectivity index (χ1n) is 8.69. The monoisotopic (exact) mass is 323 g/mol. The quantitative estimate of drug-likeness (QED) is 0.396. The fourth-order valence-corrected chi connectivity index (χ4v) is 2.53. The van der Waals surface area contributed by atoms with E-state index in [2.05, 4.69) is 6.92 Å². The van der Waals surface area contributed by atoms with E-state index in [0.29, 0.717) is 0 Å². The van der Waals surface area contributed by atoms with Crippen molar-refractivity contribution in [3.8, 4) is 0 Å². The lowest BCUT2D eigenvalue weighted by molar-refractivity contribution is 0.112. The Bertz CT molecular complexity index is 199. The molecule has 0 saturated heterocycles. The summed E-state index contributed by atoms with van der Waals surface area (Å²) in [4.78, 5) is 0. The van der Waals surface area contributed by atoms with E-state index in [0.717, 1.165) is 19.3 Å². The Balaban J connectivity index is 0. The minimum absolute atomic E-state index is 0. The van der Waals surface area contributed by atoms with Gasteiger partial charge in [0.25, 0.3) is 0 Å². The lowest BCUT2D eigenvalue weighted by atomic mass is 9.94. The molecule has 0 aromatic carbocycles. The molecular weight excluding hydrogens is 286 g/mol. The van der Waals surface area contributed by atoms with E-state index in [9.17, 15) is 0 Å². The molecule has 0 aliphatic rings. The molecule has 3 nitrogen and oxygen atoms in total. The smallest absolute Gasteiger partial charge is 0.0633 e. The van der Waals surface area contributed by atoms with Crippen molar-refractivity contribution in [2.24, 2.45) is 5.73 Å². The Morgan fingerprint density at radius 2 is 1.00 bits per heavy atom. The zero-order valence-corrected chi connectivity index (χ0v) is 14.8. The average molecular weight is 324 g/mol. The zero-order chi connectivity index (χ0) is 15.1. The fourth-order valence-electron chi connectivity index (χ4n) is 2.53. The molecule has 0 aliphatic carbocycles. The summed E-state index contributed by atoms with van der Waals surface area (Å²) in [5, 5.41) is 18.2. The van der Waals surface area contributed by atoms with Crippen molar-refractivity contribution in [3.63, 3.8) is 0 Å². The van der Waals surface area contributed by atoms with Crippen LogP contribution < -0.4 is 5.73 Å². The van der Waals surface area contributed by atoms with E-state index in [-0.39, 0.29) is 25.6 Å². The van der Waals surface area contributed by atoms with Crippen LogP contribution in [0.2, 0.25) is 0 Å². The molecule has 0 rings (SSSR count). The lowest BCUT2D eigenvalue weighted by Crippen LogP contribution is -2.47. The Kier molecular flexibility index (Phi) is 18.5. The highest BCUT2D eigenvalue weighted by Gasteiger charge is 2.21. The first kappa shape index (κ1) is 23.4. The van der Waals surface area contributed by atoms with Gasteiger partial charge in [0.15, 0.2) is 0 Å². The Hall–Kier alpha value is 0.170. The summed E-state index contributed by atoms with van der Waals surface area (Å²) < 4.78 is 0. The van der Waals surface area contributed by atoms with E-state index < -0.39 is 5.54 Å². The Labute approximate surface area is 138 Å². The normalized spacial score (nSPS) is 11.4. The van der Waals surface area contributed by atoms with Gasteiger partial charge in [-0.1, -0.05) is 84.0 Å². The fraction of sp³-hybridized carbons (Fsp3) is 1.00. The first-order valence-corrected chi connectivity index (χ1v) is 8.69. The summed E-state index contributed by atoms with van der Waals surface area (Å²) in [7, 11) is 0. The third-order valence-corrected chi connectivity index (χ3v) is 4.16. The van der Waals surface area contributed by atoms with Gasteiger partial charge in [0.1, 0.15) is 0 Å². The number of rotatable bonds is 15. The molecule has 0 aromatic rings. The van der Waals surface area contributed by atoms with E-state index in [1.165, 1.54) is 64.2 Å². The molecule has 130 valence electrons. The van der Waals surface area contributed by atoms with Gasteiger partial charge in [-0.2, -0.15) is 0 Å². The van der Waals surface area contributed by atoms with Gasteiger partial charge in [-0.3, -0.25) is 0 Å². The van der Waals surface area contributed by atoms with Crippen molar-refractivity contribution in [1.29, 1.82) is 0 Å². The summed E-state index contributed by atoms with van der Waals surface area (Å²) in [6.07, 6.45) is 16.5. The van der Waals surface area contributed by atoms with Crippen molar-refractivity contribution in [3.05, 3.63) is 0 Å². The molecular formula is C17H38ClNO2. The van der Waals surface area contributed by atoms with Crippen LogP contribution in [0.4, 0.5) is 0 Å². The number of halogens is 1. The SMILES string of the molecule is CCCCCCCCCCCCCCC(N)(CO)CO.Cl. The van der Waals surface area contributed by atoms with Crippen molar-refractivity contribution >= 4 is 12.4 Å². The predicted molar refractivity (Wildman–Crippen MR) is 94.0 cm³/mol. The molecule has 0 aliphatic heterocycles. The highest BCUT2D eigenvalue weighted by Crippen LogP contribution is 2.15. The molecule has 0 unspecified atom stereocenters. The number of nitrogens with two attached hydrogens (primary N) is 1. The lowest BCUT2D eigenvalue weighted by Gasteiger charge is -2.24. The van der Waals surface area contributed by atoms with Gasteiger partial charge in [0, 0.05) is 0 Å². The largest absolute Gasteiger partial charge is 0.394 e. The summed E-state index contributed by atoms with van der Waals surface area (Å²) in [5.41, 5.74) is 5.06. The van der Waals surface area contributed by atoms with Crippen LogP contribution in [0.25, 0.3) is 0 Å². The number of hydrogen-bond donors (Lipinski definition) is 3. The standard InChI is InChI=1S/C17H37NO2.ClH/c1-2-3-4-5-6-7-8-9-10-11-12-13-14-17(18,15-19)16-20;/h19-20H,2-16,18H2,1H3;1H. The predicted octanol–water partition coefficient (Wildman–Crippen LogP) is 4.18. The third kappa shape index (κ3) is 14.9. The van der Waals surface area contributed by atoms with Crippen molar-refractivity contribution < 1.29 is 10.2 Å². The minimum atomic E-state index is -0.765. The number of aliphatic hydroxyl groups is 2. The van der Waals surface area contributed by atoms with Crippen molar-refractivity contribution in [1.82, 2.24) is 0 Å². The molecule has 0 amide bonds. The number of unbranched alkanes of at least 4 members (excludes halogenated alkanes) is 11. The van der Waals surface area contributed by atoms with Crippen molar-refractivity contribution in [2.75, 3.05) is 13.2 Å². The molecule has 0 spiro atoms. The van der Waals surface area contributed by atoms with E-state index >= 15 is 0 Å². The molecule has 0 aromatic heterocycles. The molecule has 0 radical (unpaired) electrons. The summed E-state index contributed by atoms with van der Waals surface area (Å²) in [5.74, 6) is 0. The first-order chi connectivity index (χ1) is 9.68. The zero-order valence-electron chi connectivity index (χ0n) is 14.0. The van der Waals surface area contributed by atoms with Crippen LogP contribution in [-0.4, -0.2) is 29.0 Å². The van der Waals surface area contributed by atoms with Crippen LogP contribution in [0.15, 0.2) is 0 Å². The molecule has 0 saturated carbocycles. The van der Waals surface area contributed by atoms with Crippen LogP contribution in [0.5, 0.6) is 0 Å². The molecule has 0 fully saturated rings. The second kappa shape index (κ2) is 16.5. The van der Waals surface area contributed by atoms with E-state index in [4.69, 9.17) is 15.9 Å². The van der Waals surface area contributed by atoms with Gasteiger partial charge in [-0.25, -0.2) is 0 Å². The van der Waals surface area contributed by atoms with Crippen LogP contribution in [0.3, 0.4) is 0 Å². The molecule has 0 heterocycles. The Morgan fingerprint density at radius 1 is 0.667 bits per heavy atom. The van der Waals surface area contributed by atoms with Crippen LogP contribution in [0.1, 0.15) is 90.4 Å². The van der Waals surface area contributed by atoms with Gasteiger partial charge < -0.3 is 15.9 Å². The summed E-state index contributed by atoms with van der Waals surface area (Å²) in [6, 6.07) is 0. The third-order valence-electron chi connectivity index (χ3n) is 4.16. The molecule has 21 heavy (non-hydrogen) atoms. The molecule has 4 N–H and O–H groups in total. The van der Waals surface area contributed by atoms with Crippen LogP contribution >= 0.6 is 12.4 Å². The molecule has 0 atom stereocenters. The van der Waals surface area contributed by atoms with Gasteiger partial charge >= 0.3 is 0 Å². The van der Waals surface area contributed by atoms with Gasteiger partial charge in [0.2, 0.25) is 0 Å². The van der Waals surface area contributed by atoms with E-state index in [1.807, 2.05) is 0 Å². The second-order valence-corrected chi connectivity index (χ2v) is 6.32. The van der Waals surface area contributed by atoms with Gasteiger partial charge in [-0.05, 0) is 6.42 Å². The van der Waals surface area contributed by atoms with Crippen LogP contribution in [0, 0.1) is 0 Å². The topological polar surface area (TPSA) is 66.5 Å². The minimum Gasteiger partial charge on any atom is -0.394 e. The van der Waals surface area contributed by atoms with Crippen LogP contribution in [-0.2, 0) is 0 Å². The maximum absolute atomic E-state index is 9.08. The highest BCUT2D eigenvalue weighted by molar-refractivity contribution is 5.85. The second-order valence-electron chi connectivity index (χ2n) is 6.32. The number of aliphatic hydroxyl groups excluding tert-OH is 2. The van der Waals surface area contributed by atoms with E-state index in [1.54, 1.807) is 0 Å². The Morgan fingerprint density at radius 3 is 1.33 bits per heavy atom. The summed E-state index contributed by atoms with van der Waals surface area (Å²) in [6.45, 7) is 2.01. The molecule has 4 heteroatoms. The van der Waals surface area contributed by atoms with Crippen molar-refractivity contribution in [2.45, 2.75) is 95.9 Å². The maximum Gasteiger partial charge on any atom is 0.0633 e. The molecule has 0 bridgehead atoms. The maximum atomic E-state index is 9.08. The van der Waals surface area contributed by atoms with Gasteiger partial charge in [-0.15, -0.1) is 12.4 Å². The summed E-state index contributed by atoms with van der Waals surface area (Å²) >= 11 is 0. The number of hydrogen-bond acceptors (Lipinski definition) is 3. The van der Waals surface area contributed by atoms with Gasteiger partial charge in [0.05, 0.1) is 18.8 Å².